The zero-order valence-electron chi connectivity index (χ0n) is 11.5. The Bertz CT molecular complexity index is 687. The summed E-state index contributed by atoms with van der Waals surface area (Å²) in [5.41, 5.74) is 1.63. The molecule has 0 spiro atoms. The van der Waals surface area contributed by atoms with Crippen molar-refractivity contribution >= 4 is 23.5 Å². The van der Waals surface area contributed by atoms with Gasteiger partial charge in [0.05, 0.1) is 5.69 Å². The zero-order chi connectivity index (χ0) is 15.2. The maximum atomic E-state index is 12.2. The van der Waals surface area contributed by atoms with Crippen molar-refractivity contribution in [2.24, 2.45) is 0 Å². The first kappa shape index (κ1) is 14.5. The molecule has 105 valence electrons. The Hall–Kier alpha value is -2.88. The number of phenols is 1. The molecule has 1 radical (unpaired) electrons. The van der Waals surface area contributed by atoms with Gasteiger partial charge in [0.1, 0.15) is 5.75 Å². The second kappa shape index (κ2) is 6.52. The summed E-state index contributed by atoms with van der Waals surface area (Å²) < 4.78 is 0. The van der Waals surface area contributed by atoms with Crippen LogP contribution in [0.5, 0.6) is 5.75 Å². The first-order valence-electron chi connectivity index (χ1n) is 6.35. The molecule has 4 nitrogen and oxygen atoms in total. The number of anilines is 1. The van der Waals surface area contributed by atoms with Gasteiger partial charge in [0.2, 0.25) is 5.91 Å². The van der Waals surface area contributed by atoms with Crippen LogP contribution in [-0.4, -0.2) is 16.8 Å². The van der Waals surface area contributed by atoms with Crippen molar-refractivity contribution in [3.05, 3.63) is 65.7 Å². The lowest BCUT2D eigenvalue weighted by atomic mass is 10.1. The number of benzene rings is 2. The average Bonchev–Trinajstić information content (AvgIpc) is 2.46. The van der Waals surface area contributed by atoms with Crippen molar-refractivity contribution in [1.29, 1.82) is 0 Å². The van der Waals surface area contributed by atoms with Crippen LogP contribution < -0.4 is 5.32 Å². The molecule has 2 rings (SSSR count). The van der Waals surface area contributed by atoms with E-state index in [-0.39, 0.29) is 17.4 Å². The van der Waals surface area contributed by atoms with E-state index < -0.39 is 0 Å². The smallest absolute Gasteiger partial charge is 0.221 e. The number of nitrogens with one attached hydrogen (secondary N) is 1. The van der Waals surface area contributed by atoms with E-state index in [9.17, 15) is 14.7 Å². The normalized spacial score (nSPS) is 10.5. The molecule has 0 aliphatic rings. The lowest BCUT2D eigenvalue weighted by molar-refractivity contribution is -0.114. The molecule has 0 unspecified atom stereocenters. The van der Waals surface area contributed by atoms with Gasteiger partial charge >= 0.3 is 0 Å². The SMILES string of the molecule is CC(=O)Nc1cc[c]cc1C(=O)C=Cc1ccc(O)cc1. The fourth-order valence-corrected chi connectivity index (χ4v) is 1.78. The number of aromatic hydroxyl groups is 1. The number of carbonyl (C=O) groups excluding carboxylic acids is 2. The summed E-state index contributed by atoms with van der Waals surface area (Å²) in [6.45, 7) is 1.39. The number of amides is 1. The van der Waals surface area contributed by atoms with Crippen LogP contribution >= 0.6 is 0 Å². The lowest BCUT2D eigenvalue weighted by Crippen LogP contribution is -2.10. The summed E-state index contributed by atoms with van der Waals surface area (Å²) in [6.07, 6.45) is 3.06. The van der Waals surface area contributed by atoms with Gasteiger partial charge in [0.15, 0.2) is 5.78 Å². The summed E-state index contributed by atoms with van der Waals surface area (Å²) in [5.74, 6) is -0.300. The summed E-state index contributed by atoms with van der Waals surface area (Å²) in [6, 6.07) is 14.1. The molecule has 0 saturated heterocycles. The van der Waals surface area contributed by atoms with Crippen LogP contribution in [0.25, 0.3) is 6.08 Å². The van der Waals surface area contributed by atoms with Crippen molar-refractivity contribution in [3.63, 3.8) is 0 Å². The van der Waals surface area contributed by atoms with Gasteiger partial charge in [-0.25, -0.2) is 0 Å². The number of allylic oxidation sites excluding steroid dienone is 1. The van der Waals surface area contributed by atoms with Crippen LogP contribution in [-0.2, 0) is 4.79 Å². The molecule has 0 saturated carbocycles. The van der Waals surface area contributed by atoms with Gasteiger partial charge in [0.25, 0.3) is 0 Å². The van der Waals surface area contributed by atoms with Gasteiger partial charge < -0.3 is 10.4 Å². The summed E-state index contributed by atoms with van der Waals surface area (Å²) in [7, 11) is 0. The number of phenolic OH excluding ortho intramolecular Hbond substituents is 1. The molecule has 0 fully saturated rings. The fourth-order valence-electron chi connectivity index (χ4n) is 1.78. The van der Waals surface area contributed by atoms with E-state index in [1.165, 1.54) is 19.1 Å². The molecule has 4 heteroatoms. The van der Waals surface area contributed by atoms with Crippen LogP contribution in [0.2, 0.25) is 0 Å². The molecule has 0 aromatic heterocycles. The Morgan fingerprint density at radius 3 is 2.57 bits per heavy atom. The molecule has 0 aliphatic heterocycles. The van der Waals surface area contributed by atoms with E-state index in [1.807, 2.05) is 0 Å². The highest BCUT2D eigenvalue weighted by atomic mass is 16.3. The molecule has 2 N–H and O–H groups in total. The van der Waals surface area contributed by atoms with Crippen LogP contribution in [0.1, 0.15) is 22.8 Å². The zero-order valence-corrected chi connectivity index (χ0v) is 11.5. The molecular formula is C17H14NO3. The Labute approximate surface area is 122 Å². The second-order valence-electron chi connectivity index (χ2n) is 4.44. The summed E-state index contributed by atoms with van der Waals surface area (Å²) >= 11 is 0. The standard InChI is InChI=1S/C17H14NO3/c1-12(19)18-16-5-3-2-4-15(16)17(21)11-8-13-6-9-14(20)10-7-13/h3-11,20H,1H3,(H,18,19). The number of ketones is 1. The van der Waals surface area contributed by atoms with Crippen LogP contribution in [0.15, 0.2) is 48.5 Å². The predicted molar refractivity (Wildman–Crippen MR) is 81.1 cm³/mol. The molecular weight excluding hydrogens is 266 g/mol. The maximum Gasteiger partial charge on any atom is 0.221 e. The Balaban J connectivity index is 2.20. The first-order valence-corrected chi connectivity index (χ1v) is 6.35. The first-order chi connectivity index (χ1) is 10.1. The maximum absolute atomic E-state index is 12.2. The number of hydrogen-bond acceptors (Lipinski definition) is 3. The highest BCUT2D eigenvalue weighted by Gasteiger charge is 2.09. The van der Waals surface area contributed by atoms with Crippen LogP contribution in [0, 0.1) is 6.07 Å². The molecule has 2 aromatic rings. The third-order valence-electron chi connectivity index (χ3n) is 2.76. The van der Waals surface area contributed by atoms with Gasteiger partial charge in [-0.3, -0.25) is 9.59 Å². The number of carbonyl (C=O) groups is 2. The third-order valence-corrected chi connectivity index (χ3v) is 2.76. The second-order valence-corrected chi connectivity index (χ2v) is 4.44. The number of rotatable bonds is 4. The summed E-state index contributed by atoms with van der Waals surface area (Å²) in [4.78, 5) is 23.3. The van der Waals surface area contributed by atoms with Crippen molar-refractivity contribution < 1.29 is 14.7 Å². The Morgan fingerprint density at radius 1 is 1.19 bits per heavy atom. The Kier molecular flexibility index (Phi) is 4.51. The molecule has 0 aliphatic carbocycles. The lowest BCUT2D eigenvalue weighted by Gasteiger charge is -2.06. The minimum Gasteiger partial charge on any atom is -0.508 e. The van der Waals surface area contributed by atoms with Gasteiger partial charge in [-0.15, -0.1) is 0 Å². The van der Waals surface area contributed by atoms with E-state index in [0.717, 1.165) is 5.56 Å². The Morgan fingerprint density at radius 2 is 1.90 bits per heavy atom. The molecule has 2 aromatic carbocycles. The van der Waals surface area contributed by atoms with Gasteiger partial charge in [0, 0.05) is 12.5 Å². The van der Waals surface area contributed by atoms with Crippen molar-refractivity contribution in [2.75, 3.05) is 5.32 Å². The molecule has 0 atom stereocenters. The van der Waals surface area contributed by atoms with E-state index in [2.05, 4.69) is 11.4 Å². The van der Waals surface area contributed by atoms with Crippen LogP contribution in [0.3, 0.4) is 0 Å². The minimum absolute atomic E-state index is 0.170. The van der Waals surface area contributed by atoms with E-state index in [4.69, 9.17) is 0 Å². The van der Waals surface area contributed by atoms with Gasteiger partial charge in [-0.2, -0.15) is 0 Å². The fraction of sp³-hybridized carbons (Fsp3) is 0.0588. The van der Waals surface area contributed by atoms with E-state index in [0.29, 0.717) is 11.3 Å². The molecule has 0 heterocycles. The van der Waals surface area contributed by atoms with Crippen molar-refractivity contribution in [3.8, 4) is 5.75 Å². The van der Waals surface area contributed by atoms with Crippen molar-refractivity contribution in [2.45, 2.75) is 6.92 Å². The van der Waals surface area contributed by atoms with E-state index in [1.54, 1.807) is 42.5 Å². The third kappa shape index (κ3) is 4.04. The van der Waals surface area contributed by atoms with Gasteiger partial charge in [-0.05, 0) is 42.0 Å². The van der Waals surface area contributed by atoms with Crippen LogP contribution in [0.4, 0.5) is 5.69 Å². The predicted octanol–water partition coefficient (Wildman–Crippen LogP) is 3.05. The molecule has 0 bridgehead atoms. The largest absolute Gasteiger partial charge is 0.508 e. The molecule has 21 heavy (non-hydrogen) atoms. The highest BCUT2D eigenvalue weighted by Crippen LogP contribution is 2.17. The average molecular weight is 280 g/mol. The quantitative estimate of drug-likeness (QED) is 0.668. The monoisotopic (exact) mass is 280 g/mol. The highest BCUT2D eigenvalue weighted by molar-refractivity contribution is 6.11. The van der Waals surface area contributed by atoms with Crippen molar-refractivity contribution in [1.82, 2.24) is 0 Å². The van der Waals surface area contributed by atoms with Gasteiger partial charge in [-0.1, -0.05) is 24.3 Å². The van der Waals surface area contributed by atoms with E-state index >= 15 is 0 Å². The number of hydrogen-bond donors (Lipinski definition) is 2. The molecule has 1 amide bonds. The topological polar surface area (TPSA) is 66.4 Å². The minimum atomic E-state index is -0.238. The summed E-state index contributed by atoms with van der Waals surface area (Å²) in [5, 5.41) is 11.8.